The monoisotopic (exact) mass is 232 g/mol. The highest BCUT2D eigenvalue weighted by atomic mass is 32.2. The molecule has 0 radical (unpaired) electrons. The standard InChI is InChI=1S/C9H16N2O3S/c1-3-9(6-10)15(12,13)11-4-5-14-7-8(11)2/h8-9H,3-5,7H2,1-2H3/t8-,9?/m1/s1. The molecule has 0 amide bonds. The zero-order valence-electron chi connectivity index (χ0n) is 9.01. The van der Waals surface area contributed by atoms with Gasteiger partial charge in [-0.05, 0) is 13.3 Å². The molecule has 0 aromatic carbocycles. The van der Waals surface area contributed by atoms with Crippen molar-refractivity contribution in [3.05, 3.63) is 0 Å². The van der Waals surface area contributed by atoms with Crippen molar-refractivity contribution in [1.82, 2.24) is 4.31 Å². The Balaban J connectivity index is 2.89. The Morgan fingerprint density at radius 2 is 2.33 bits per heavy atom. The van der Waals surface area contributed by atoms with E-state index in [9.17, 15) is 8.42 Å². The molecular weight excluding hydrogens is 216 g/mol. The van der Waals surface area contributed by atoms with Gasteiger partial charge in [-0.15, -0.1) is 0 Å². The fourth-order valence-electron chi connectivity index (χ4n) is 1.62. The van der Waals surface area contributed by atoms with Crippen LogP contribution in [0.15, 0.2) is 0 Å². The number of rotatable bonds is 3. The van der Waals surface area contributed by atoms with Crippen LogP contribution in [0.3, 0.4) is 0 Å². The van der Waals surface area contributed by atoms with Crippen LogP contribution >= 0.6 is 0 Å². The van der Waals surface area contributed by atoms with E-state index >= 15 is 0 Å². The Morgan fingerprint density at radius 3 is 2.80 bits per heavy atom. The number of nitrogens with zero attached hydrogens (tertiary/aromatic N) is 2. The van der Waals surface area contributed by atoms with Crippen molar-refractivity contribution in [3.8, 4) is 6.07 Å². The molecule has 0 N–H and O–H groups in total. The van der Waals surface area contributed by atoms with E-state index in [1.54, 1.807) is 13.8 Å². The van der Waals surface area contributed by atoms with Crippen LogP contribution in [0.2, 0.25) is 0 Å². The average Bonchev–Trinajstić information content (AvgIpc) is 2.19. The van der Waals surface area contributed by atoms with Gasteiger partial charge in [0.2, 0.25) is 10.0 Å². The lowest BCUT2D eigenvalue weighted by Crippen LogP contribution is -2.50. The largest absolute Gasteiger partial charge is 0.378 e. The topological polar surface area (TPSA) is 70.4 Å². The summed E-state index contributed by atoms with van der Waals surface area (Å²) in [4.78, 5) is 0. The number of ether oxygens (including phenoxy) is 1. The van der Waals surface area contributed by atoms with E-state index in [0.717, 1.165) is 0 Å². The Bertz CT molecular complexity index is 347. The predicted molar refractivity (Wildman–Crippen MR) is 55.6 cm³/mol. The van der Waals surface area contributed by atoms with Gasteiger partial charge in [-0.3, -0.25) is 0 Å². The molecule has 0 aromatic heterocycles. The minimum Gasteiger partial charge on any atom is -0.378 e. The SMILES string of the molecule is CCC(C#N)S(=O)(=O)N1CCOC[C@H]1C. The first-order valence-corrected chi connectivity index (χ1v) is 6.52. The zero-order chi connectivity index (χ0) is 11.5. The fourth-order valence-corrected chi connectivity index (χ4v) is 3.39. The molecule has 1 aliphatic heterocycles. The van der Waals surface area contributed by atoms with Gasteiger partial charge in [-0.1, -0.05) is 6.92 Å². The minimum atomic E-state index is -3.48. The van der Waals surface area contributed by atoms with Crippen LogP contribution in [-0.4, -0.2) is 43.8 Å². The predicted octanol–water partition coefficient (Wildman–Crippen LogP) is 0.339. The summed E-state index contributed by atoms with van der Waals surface area (Å²) in [6.07, 6.45) is 0.322. The van der Waals surface area contributed by atoms with Crippen molar-refractivity contribution in [3.63, 3.8) is 0 Å². The van der Waals surface area contributed by atoms with Gasteiger partial charge in [0.15, 0.2) is 5.25 Å². The number of morpholine rings is 1. The van der Waals surface area contributed by atoms with E-state index in [1.165, 1.54) is 4.31 Å². The molecule has 0 bridgehead atoms. The van der Waals surface area contributed by atoms with E-state index < -0.39 is 15.3 Å². The molecule has 0 aliphatic carbocycles. The van der Waals surface area contributed by atoms with Crippen molar-refractivity contribution in [1.29, 1.82) is 5.26 Å². The Hall–Kier alpha value is -0.640. The van der Waals surface area contributed by atoms with Gasteiger partial charge in [0.1, 0.15) is 0 Å². The number of sulfonamides is 1. The lowest BCUT2D eigenvalue weighted by atomic mass is 10.3. The van der Waals surface area contributed by atoms with Gasteiger partial charge in [0.25, 0.3) is 0 Å². The lowest BCUT2D eigenvalue weighted by Gasteiger charge is -2.33. The molecule has 6 heteroatoms. The second-order valence-corrected chi connectivity index (χ2v) is 5.67. The second-order valence-electron chi connectivity index (χ2n) is 3.61. The smallest absolute Gasteiger partial charge is 0.230 e. The first-order chi connectivity index (χ1) is 7.04. The van der Waals surface area contributed by atoms with E-state index in [4.69, 9.17) is 10.00 Å². The van der Waals surface area contributed by atoms with Crippen LogP contribution in [-0.2, 0) is 14.8 Å². The van der Waals surface area contributed by atoms with Crippen molar-refractivity contribution in [2.24, 2.45) is 0 Å². The highest BCUT2D eigenvalue weighted by Gasteiger charge is 2.35. The first-order valence-electron chi connectivity index (χ1n) is 5.02. The highest BCUT2D eigenvalue weighted by Crippen LogP contribution is 2.17. The van der Waals surface area contributed by atoms with Gasteiger partial charge >= 0.3 is 0 Å². The molecule has 1 aliphatic rings. The molecule has 1 rings (SSSR count). The summed E-state index contributed by atoms with van der Waals surface area (Å²) in [6, 6.07) is 1.66. The normalized spacial score (nSPS) is 25.8. The molecule has 0 aromatic rings. The van der Waals surface area contributed by atoms with Crippen LogP contribution in [0.5, 0.6) is 0 Å². The van der Waals surface area contributed by atoms with Gasteiger partial charge in [-0.2, -0.15) is 9.57 Å². The van der Waals surface area contributed by atoms with Crippen molar-refractivity contribution in [2.45, 2.75) is 31.6 Å². The number of nitriles is 1. The molecule has 5 nitrogen and oxygen atoms in total. The van der Waals surface area contributed by atoms with Crippen LogP contribution in [0.25, 0.3) is 0 Å². The molecule has 0 saturated carbocycles. The van der Waals surface area contributed by atoms with E-state index in [1.807, 2.05) is 6.07 Å². The van der Waals surface area contributed by atoms with Crippen molar-refractivity contribution < 1.29 is 13.2 Å². The molecule has 1 heterocycles. The van der Waals surface area contributed by atoms with Crippen LogP contribution in [0.4, 0.5) is 0 Å². The molecule has 0 spiro atoms. The maximum Gasteiger partial charge on any atom is 0.230 e. The Morgan fingerprint density at radius 1 is 1.67 bits per heavy atom. The maximum absolute atomic E-state index is 12.0. The highest BCUT2D eigenvalue weighted by molar-refractivity contribution is 7.90. The first kappa shape index (κ1) is 12.4. The summed E-state index contributed by atoms with van der Waals surface area (Å²) in [7, 11) is -3.48. The lowest BCUT2D eigenvalue weighted by molar-refractivity contribution is 0.0390. The molecule has 2 atom stereocenters. The summed E-state index contributed by atoms with van der Waals surface area (Å²) in [5.74, 6) is 0. The van der Waals surface area contributed by atoms with Crippen LogP contribution in [0, 0.1) is 11.3 Å². The van der Waals surface area contributed by atoms with Gasteiger partial charge in [-0.25, -0.2) is 8.42 Å². The fraction of sp³-hybridized carbons (Fsp3) is 0.889. The quantitative estimate of drug-likeness (QED) is 0.703. The van der Waals surface area contributed by atoms with E-state index in [0.29, 0.717) is 26.2 Å². The van der Waals surface area contributed by atoms with E-state index in [2.05, 4.69) is 0 Å². The van der Waals surface area contributed by atoms with Crippen molar-refractivity contribution >= 4 is 10.0 Å². The zero-order valence-corrected chi connectivity index (χ0v) is 9.83. The van der Waals surface area contributed by atoms with Gasteiger partial charge in [0, 0.05) is 12.6 Å². The number of hydrogen-bond donors (Lipinski definition) is 0. The Kier molecular flexibility index (Phi) is 4.08. The third-order valence-corrected chi connectivity index (χ3v) is 4.86. The summed E-state index contributed by atoms with van der Waals surface area (Å²) >= 11 is 0. The molecule has 1 saturated heterocycles. The minimum absolute atomic E-state index is 0.175. The van der Waals surface area contributed by atoms with Crippen LogP contribution < -0.4 is 0 Å². The summed E-state index contributed by atoms with van der Waals surface area (Å²) in [6.45, 7) is 4.66. The maximum atomic E-state index is 12.0. The third kappa shape index (κ3) is 2.48. The van der Waals surface area contributed by atoms with Crippen LogP contribution in [0.1, 0.15) is 20.3 Å². The molecule has 1 unspecified atom stereocenters. The molecule has 86 valence electrons. The van der Waals surface area contributed by atoms with E-state index in [-0.39, 0.29) is 6.04 Å². The molecular formula is C9H16N2O3S. The summed E-state index contributed by atoms with van der Waals surface area (Å²) < 4.78 is 30.6. The third-order valence-electron chi connectivity index (χ3n) is 2.51. The average molecular weight is 232 g/mol. The summed E-state index contributed by atoms with van der Waals surface area (Å²) in [5, 5.41) is 7.86. The summed E-state index contributed by atoms with van der Waals surface area (Å²) in [5.41, 5.74) is 0. The molecule has 15 heavy (non-hydrogen) atoms. The van der Waals surface area contributed by atoms with Crippen molar-refractivity contribution in [2.75, 3.05) is 19.8 Å². The van der Waals surface area contributed by atoms with Gasteiger partial charge < -0.3 is 4.74 Å². The van der Waals surface area contributed by atoms with Gasteiger partial charge in [0.05, 0.1) is 19.3 Å². The second kappa shape index (κ2) is 4.92. The molecule has 1 fully saturated rings. The number of hydrogen-bond acceptors (Lipinski definition) is 4. The Labute approximate surface area is 90.7 Å².